The fraction of sp³-hybridized carbons (Fsp3) is 0.143. The normalized spacial score (nSPS) is 11.0. The van der Waals surface area contributed by atoms with Crippen LogP contribution in [-0.4, -0.2) is 0 Å². The molecule has 0 aliphatic heterocycles. The summed E-state index contributed by atoms with van der Waals surface area (Å²) in [6, 6.07) is 19.7. The van der Waals surface area contributed by atoms with Crippen molar-refractivity contribution in [3.05, 3.63) is 107 Å². The molecule has 0 N–H and O–H groups in total. The van der Waals surface area contributed by atoms with Crippen LogP contribution in [0.25, 0.3) is 0 Å². The average Bonchev–Trinajstić information content (AvgIpc) is 2.55. The number of rotatable bonds is 6. The molecule has 0 atom stereocenters. The van der Waals surface area contributed by atoms with Gasteiger partial charge in [-0.3, -0.25) is 0 Å². The van der Waals surface area contributed by atoms with Crippen LogP contribution in [0.5, 0.6) is 0 Å². The van der Waals surface area contributed by atoms with Crippen molar-refractivity contribution < 1.29 is 13.2 Å². The highest BCUT2D eigenvalue weighted by Crippen LogP contribution is 2.46. The summed E-state index contributed by atoms with van der Waals surface area (Å²) >= 11 is 0. The van der Waals surface area contributed by atoms with Gasteiger partial charge in [0.05, 0.1) is 0 Å². The number of hydrogen-bond acceptors (Lipinski definition) is 0. The van der Waals surface area contributed by atoms with Gasteiger partial charge in [0.1, 0.15) is 17.5 Å². The van der Waals surface area contributed by atoms with Crippen molar-refractivity contribution in [2.45, 2.75) is 18.5 Å². The van der Waals surface area contributed by atoms with Crippen LogP contribution in [-0.2, 0) is 18.5 Å². The molecule has 0 aliphatic rings. The standard InChI is InChI=1S/C21H18F3P/c22-19-7-1-4-16(10-19)13-25(14-17-5-2-8-20(23)11-17)15-18-6-3-9-21(24)12-18/h1-12H,13-15H2. The second kappa shape index (κ2) is 8.31. The highest BCUT2D eigenvalue weighted by Gasteiger charge is 2.13. The maximum Gasteiger partial charge on any atom is 0.123 e. The van der Waals surface area contributed by atoms with Crippen LogP contribution in [0.1, 0.15) is 16.7 Å². The van der Waals surface area contributed by atoms with Crippen LogP contribution in [0.3, 0.4) is 0 Å². The van der Waals surface area contributed by atoms with Crippen LogP contribution in [0.2, 0.25) is 0 Å². The Morgan fingerprint density at radius 3 is 1.12 bits per heavy atom. The zero-order chi connectivity index (χ0) is 17.6. The second-order valence-corrected chi connectivity index (χ2v) is 8.33. The van der Waals surface area contributed by atoms with E-state index in [2.05, 4.69) is 0 Å². The molecular formula is C21H18F3P. The summed E-state index contributed by atoms with van der Waals surface area (Å²) in [7, 11) is -0.627. The minimum atomic E-state index is -0.627. The Labute approximate surface area is 147 Å². The molecule has 0 saturated carbocycles. The summed E-state index contributed by atoms with van der Waals surface area (Å²) in [5.41, 5.74) is 2.75. The molecule has 0 bridgehead atoms. The largest absolute Gasteiger partial charge is 0.207 e. The van der Waals surface area contributed by atoms with Crippen molar-refractivity contribution >= 4 is 7.92 Å². The Morgan fingerprint density at radius 1 is 0.520 bits per heavy atom. The van der Waals surface area contributed by atoms with E-state index in [0.29, 0.717) is 18.5 Å². The number of benzene rings is 3. The van der Waals surface area contributed by atoms with Crippen molar-refractivity contribution in [2.75, 3.05) is 0 Å². The molecule has 0 nitrogen and oxygen atoms in total. The van der Waals surface area contributed by atoms with Crippen molar-refractivity contribution in [1.82, 2.24) is 0 Å². The van der Waals surface area contributed by atoms with E-state index in [-0.39, 0.29) is 17.5 Å². The molecule has 3 aromatic carbocycles. The first-order valence-electron chi connectivity index (χ1n) is 8.04. The van der Waals surface area contributed by atoms with Crippen molar-refractivity contribution in [3.8, 4) is 0 Å². The van der Waals surface area contributed by atoms with Gasteiger partial charge in [-0.25, -0.2) is 13.2 Å². The van der Waals surface area contributed by atoms with Gasteiger partial charge in [0, 0.05) is 0 Å². The van der Waals surface area contributed by atoms with E-state index >= 15 is 0 Å². The van der Waals surface area contributed by atoms with Crippen LogP contribution < -0.4 is 0 Å². The fourth-order valence-electron chi connectivity index (χ4n) is 2.85. The van der Waals surface area contributed by atoms with Gasteiger partial charge in [-0.15, -0.1) is 0 Å². The van der Waals surface area contributed by atoms with Crippen LogP contribution in [0.15, 0.2) is 72.8 Å². The monoisotopic (exact) mass is 358 g/mol. The van der Waals surface area contributed by atoms with E-state index in [4.69, 9.17) is 0 Å². The summed E-state index contributed by atoms with van der Waals surface area (Å²) in [5.74, 6) is -0.781. The van der Waals surface area contributed by atoms with Gasteiger partial charge in [0.2, 0.25) is 0 Å². The second-order valence-electron chi connectivity index (χ2n) is 6.03. The van der Waals surface area contributed by atoms with Gasteiger partial charge in [-0.2, -0.15) is 0 Å². The lowest BCUT2D eigenvalue weighted by Gasteiger charge is -2.19. The Morgan fingerprint density at radius 2 is 0.840 bits per heavy atom. The Bertz CT molecular complexity index is 735. The van der Waals surface area contributed by atoms with Crippen molar-refractivity contribution in [2.24, 2.45) is 0 Å². The quantitative estimate of drug-likeness (QED) is 0.442. The Hall–Kier alpha value is -2.12. The first kappa shape index (κ1) is 17.7. The molecule has 0 heterocycles. The number of hydrogen-bond donors (Lipinski definition) is 0. The first-order chi connectivity index (χ1) is 12.1. The van der Waals surface area contributed by atoms with E-state index in [9.17, 15) is 13.2 Å². The third kappa shape index (κ3) is 5.44. The Balaban J connectivity index is 1.82. The zero-order valence-corrected chi connectivity index (χ0v) is 14.5. The average molecular weight is 358 g/mol. The van der Waals surface area contributed by atoms with E-state index < -0.39 is 7.92 Å². The first-order valence-corrected chi connectivity index (χ1v) is 9.94. The van der Waals surface area contributed by atoms with E-state index in [1.54, 1.807) is 18.2 Å². The summed E-state index contributed by atoms with van der Waals surface area (Å²) < 4.78 is 40.5. The van der Waals surface area contributed by atoms with Gasteiger partial charge >= 0.3 is 0 Å². The molecule has 3 rings (SSSR count). The highest BCUT2D eigenvalue weighted by atomic mass is 31.1. The van der Waals surface area contributed by atoms with Gasteiger partial charge in [0.15, 0.2) is 0 Å². The SMILES string of the molecule is Fc1cccc(CP(Cc2cccc(F)c2)Cc2cccc(F)c2)c1. The zero-order valence-electron chi connectivity index (χ0n) is 13.6. The molecule has 0 amide bonds. The molecule has 3 aromatic rings. The maximum atomic E-state index is 13.5. The van der Waals surface area contributed by atoms with Crippen molar-refractivity contribution in [1.29, 1.82) is 0 Å². The van der Waals surface area contributed by atoms with Crippen molar-refractivity contribution in [3.63, 3.8) is 0 Å². The van der Waals surface area contributed by atoms with E-state index in [1.807, 2.05) is 18.2 Å². The lowest BCUT2D eigenvalue weighted by atomic mass is 10.2. The molecule has 0 aliphatic carbocycles. The molecular weight excluding hydrogens is 340 g/mol. The van der Waals surface area contributed by atoms with Gasteiger partial charge in [0.25, 0.3) is 0 Å². The van der Waals surface area contributed by atoms with E-state index in [0.717, 1.165) is 16.7 Å². The van der Waals surface area contributed by atoms with Crippen LogP contribution in [0, 0.1) is 17.5 Å². The minimum absolute atomic E-state index is 0.260. The molecule has 0 fully saturated rings. The third-order valence-electron chi connectivity index (χ3n) is 3.89. The molecule has 0 spiro atoms. The summed E-state index contributed by atoms with van der Waals surface area (Å²) in [5, 5.41) is 0. The molecule has 0 radical (unpaired) electrons. The summed E-state index contributed by atoms with van der Waals surface area (Å²) in [4.78, 5) is 0. The number of halogens is 3. The van der Waals surface area contributed by atoms with E-state index in [1.165, 1.54) is 36.4 Å². The highest BCUT2D eigenvalue weighted by molar-refractivity contribution is 7.55. The molecule has 0 unspecified atom stereocenters. The molecule has 0 saturated heterocycles. The molecule has 0 aromatic heterocycles. The smallest absolute Gasteiger partial charge is 0.123 e. The predicted molar refractivity (Wildman–Crippen MR) is 97.2 cm³/mol. The predicted octanol–water partition coefficient (Wildman–Crippen LogP) is 6.49. The molecule has 25 heavy (non-hydrogen) atoms. The van der Waals surface area contributed by atoms with Gasteiger partial charge < -0.3 is 0 Å². The van der Waals surface area contributed by atoms with Gasteiger partial charge in [-0.1, -0.05) is 44.3 Å². The lowest BCUT2D eigenvalue weighted by molar-refractivity contribution is 0.626. The molecule has 4 heteroatoms. The van der Waals surface area contributed by atoms with Gasteiger partial charge in [-0.05, 0) is 71.6 Å². The van der Waals surface area contributed by atoms with Crippen LogP contribution in [0.4, 0.5) is 13.2 Å². The fourth-order valence-corrected chi connectivity index (χ4v) is 5.32. The summed E-state index contributed by atoms with van der Waals surface area (Å²) in [6.07, 6.45) is 2.13. The Kier molecular flexibility index (Phi) is 5.88. The minimum Gasteiger partial charge on any atom is -0.207 e. The lowest BCUT2D eigenvalue weighted by Crippen LogP contribution is -1.95. The molecule has 128 valence electrons. The topological polar surface area (TPSA) is 0 Å². The maximum absolute atomic E-state index is 13.5. The van der Waals surface area contributed by atoms with Crippen LogP contribution >= 0.6 is 7.92 Å². The third-order valence-corrected chi connectivity index (χ3v) is 6.32. The summed E-state index contributed by atoms with van der Waals surface area (Å²) in [6.45, 7) is 0.